The summed E-state index contributed by atoms with van der Waals surface area (Å²) in [5.74, 6) is 0.735. The maximum Gasteiger partial charge on any atom is 0.147 e. The highest BCUT2D eigenvalue weighted by Crippen LogP contribution is 2.39. The normalized spacial score (nSPS) is 20.0. The average Bonchev–Trinajstić information content (AvgIpc) is 2.99. The van der Waals surface area contributed by atoms with E-state index in [-0.39, 0.29) is 11.9 Å². The van der Waals surface area contributed by atoms with Gasteiger partial charge in [-0.05, 0) is 56.6 Å². The molecule has 0 N–H and O–H groups in total. The van der Waals surface area contributed by atoms with Crippen LogP contribution in [0.3, 0.4) is 0 Å². The van der Waals surface area contributed by atoms with Crippen molar-refractivity contribution in [3.05, 3.63) is 65.1 Å². The Kier molecular flexibility index (Phi) is 4.68. The Balaban J connectivity index is 1.76. The fourth-order valence-corrected chi connectivity index (χ4v) is 4.42. The van der Waals surface area contributed by atoms with E-state index in [2.05, 4.69) is 48.6 Å². The summed E-state index contributed by atoms with van der Waals surface area (Å²) >= 11 is 0. The highest BCUT2D eigenvalue weighted by atomic mass is 19.1. The molecule has 3 nitrogen and oxygen atoms in total. The first kappa shape index (κ1) is 18.1. The van der Waals surface area contributed by atoms with Crippen LogP contribution in [-0.2, 0) is 19.4 Å². The highest BCUT2D eigenvalue weighted by molar-refractivity contribution is 5.87. The van der Waals surface area contributed by atoms with Crippen molar-refractivity contribution in [2.45, 2.75) is 45.3 Å². The number of methoxy groups -OCH3 is 1. The second-order valence-electron chi connectivity index (χ2n) is 7.64. The smallest absolute Gasteiger partial charge is 0.147 e. The number of fused-ring (bicyclic) bond motifs is 3. The van der Waals surface area contributed by atoms with Crippen LogP contribution in [0.15, 0.2) is 42.5 Å². The predicted molar refractivity (Wildman–Crippen MR) is 108 cm³/mol. The van der Waals surface area contributed by atoms with Crippen LogP contribution in [0, 0.1) is 5.82 Å². The number of aromatic nitrogens is 1. The Morgan fingerprint density at radius 1 is 1.11 bits per heavy atom. The van der Waals surface area contributed by atoms with Crippen LogP contribution in [0.25, 0.3) is 10.9 Å². The molecule has 3 aromatic rings. The Morgan fingerprint density at radius 3 is 2.56 bits per heavy atom. The number of hydrogen-bond donors (Lipinski definition) is 0. The Labute approximate surface area is 160 Å². The summed E-state index contributed by atoms with van der Waals surface area (Å²) in [7, 11) is 3.84. The summed E-state index contributed by atoms with van der Waals surface area (Å²) < 4.78 is 22.3. The first-order valence-corrected chi connectivity index (χ1v) is 9.65. The zero-order valence-electron chi connectivity index (χ0n) is 16.5. The quantitative estimate of drug-likeness (QED) is 0.649. The van der Waals surface area contributed by atoms with E-state index in [1.807, 2.05) is 18.2 Å². The summed E-state index contributed by atoms with van der Waals surface area (Å²) in [6.07, 6.45) is 1.82. The van der Waals surface area contributed by atoms with Crippen LogP contribution in [0.2, 0.25) is 0 Å². The summed E-state index contributed by atoms with van der Waals surface area (Å²) in [4.78, 5) is 2.39. The van der Waals surface area contributed by atoms with Gasteiger partial charge in [0, 0.05) is 36.1 Å². The largest absolute Gasteiger partial charge is 0.497 e. The molecule has 0 radical (unpaired) electrons. The van der Waals surface area contributed by atoms with Crippen molar-refractivity contribution in [3.8, 4) is 5.75 Å². The molecule has 2 atom stereocenters. The molecule has 0 spiro atoms. The third kappa shape index (κ3) is 3.02. The van der Waals surface area contributed by atoms with Gasteiger partial charge in [-0.15, -0.1) is 0 Å². The number of ether oxygens (including phenoxy) is 1. The molecule has 0 amide bonds. The molecule has 4 rings (SSSR count). The SMILES string of the molecule is COc1ccc(CCn2c3c(c4cccc(F)c42)C(C)N(C)C(C)C3)cc1. The topological polar surface area (TPSA) is 17.4 Å². The van der Waals surface area contributed by atoms with Crippen LogP contribution in [0.1, 0.15) is 36.7 Å². The first-order chi connectivity index (χ1) is 13.0. The summed E-state index contributed by atoms with van der Waals surface area (Å²) in [6, 6.07) is 14.4. The number of para-hydroxylation sites is 1. The third-order valence-electron chi connectivity index (χ3n) is 6.18. The van der Waals surface area contributed by atoms with E-state index in [0.717, 1.165) is 36.0 Å². The van der Waals surface area contributed by atoms with Crippen molar-refractivity contribution in [2.75, 3.05) is 14.2 Å². The van der Waals surface area contributed by atoms with E-state index in [1.165, 1.54) is 16.8 Å². The van der Waals surface area contributed by atoms with Gasteiger partial charge in [0.1, 0.15) is 11.6 Å². The molecule has 2 unspecified atom stereocenters. The van der Waals surface area contributed by atoms with E-state index < -0.39 is 0 Å². The number of rotatable bonds is 4. The predicted octanol–water partition coefficient (Wildman–Crippen LogP) is 4.97. The zero-order chi connectivity index (χ0) is 19.1. The molecule has 27 heavy (non-hydrogen) atoms. The lowest BCUT2D eigenvalue weighted by atomic mass is 9.93. The van der Waals surface area contributed by atoms with E-state index >= 15 is 0 Å². The summed E-state index contributed by atoms with van der Waals surface area (Å²) in [5.41, 5.74) is 4.57. The molecule has 0 saturated carbocycles. The fraction of sp³-hybridized carbons (Fsp3) is 0.391. The molecular weight excluding hydrogens is 339 g/mol. The van der Waals surface area contributed by atoms with Crippen LogP contribution in [0.4, 0.5) is 4.39 Å². The number of nitrogens with zero attached hydrogens (tertiary/aromatic N) is 2. The Bertz CT molecular complexity index is 961. The molecule has 1 aromatic heterocycles. The average molecular weight is 366 g/mol. The first-order valence-electron chi connectivity index (χ1n) is 9.65. The maximum absolute atomic E-state index is 14.8. The lowest BCUT2D eigenvalue weighted by Gasteiger charge is -2.36. The number of benzene rings is 2. The minimum Gasteiger partial charge on any atom is -0.497 e. The third-order valence-corrected chi connectivity index (χ3v) is 6.18. The molecule has 0 aliphatic carbocycles. The monoisotopic (exact) mass is 366 g/mol. The molecule has 4 heteroatoms. The van der Waals surface area contributed by atoms with Gasteiger partial charge in [0.25, 0.3) is 0 Å². The maximum atomic E-state index is 14.8. The molecule has 142 valence electrons. The van der Waals surface area contributed by atoms with Crippen molar-refractivity contribution in [1.82, 2.24) is 9.47 Å². The molecule has 1 aliphatic heterocycles. The Morgan fingerprint density at radius 2 is 1.85 bits per heavy atom. The Hall–Kier alpha value is -2.33. The van der Waals surface area contributed by atoms with Gasteiger partial charge < -0.3 is 9.30 Å². The van der Waals surface area contributed by atoms with E-state index in [4.69, 9.17) is 4.74 Å². The summed E-state index contributed by atoms with van der Waals surface area (Å²) in [6.45, 7) is 5.26. The van der Waals surface area contributed by atoms with Gasteiger partial charge in [-0.1, -0.05) is 24.3 Å². The van der Waals surface area contributed by atoms with Crippen LogP contribution < -0.4 is 4.74 Å². The highest BCUT2D eigenvalue weighted by Gasteiger charge is 2.32. The van der Waals surface area contributed by atoms with Crippen LogP contribution >= 0.6 is 0 Å². The van der Waals surface area contributed by atoms with Gasteiger partial charge in [-0.3, -0.25) is 4.90 Å². The molecule has 2 heterocycles. The minimum atomic E-state index is -0.126. The van der Waals surface area contributed by atoms with Gasteiger partial charge in [0.2, 0.25) is 0 Å². The number of hydrogen-bond acceptors (Lipinski definition) is 2. The number of aryl methyl sites for hydroxylation is 2. The van der Waals surface area contributed by atoms with Gasteiger partial charge in [-0.25, -0.2) is 4.39 Å². The van der Waals surface area contributed by atoms with Gasteiger partial charge in [-0.2, -0.15) is 0 Å². The second kappa shape index (κ2) is 7.01. The molecule has 2 aromatic carbocycles. The van der Waals surface area contributed by atoms with Crippen molar-refractivity contribution in [3.63, 3.8) is 0 Å². The van der Waals surface area contributed by atoms with E-state index in [1.54, 1.807) is 13.2 Å². The summed E-state index contributed by atoms with van der Waals surface area (Å²) in [5, 5.41) is 1.06. The second-order valence-corrected chi connectivity index (χ2v) is 7.64. The fourth-order valence-electron chi connectivity index (χ4n) is 4.42. The zero-order valence-corrected chi connectivity index (χ0v) is 16.5. The van der Waals surface area contributed by atoms with Gasteiger partial charge in [0.05, 0.1) is 12.6 Å². The van der Waals surface area contributed by atoms with Crippen molar-refractivity contribution >= 4 is 10.9 Å². The lowest BCUT2D eigenvalue weighted by molar-refractivity contribution is 0.177. The van der Waals surface area contributed by atoms with Gasteiger partial charge in [0.15, 0.2) is 0 Å². The minimum absolute atomic E-state index is 0.126. The molecule has 1 aliphatic rings. The molecular formula is C23H27FN2O. The van der Waals surface area contributed by atoms with Crippen molar-refractivity contribution < 1.29 is 9.13 Å². The van der Waals surface area contributed by atoms with E-state index in [9.17, 15) is 4.39 Å². The molecule has 0 fully saturated rings. The molecule has 0 bridgehead atoms. The standard InChI is InChI=1S/C23H27FN2O/c1-15-14-21-22(16(2)25(15)3)19-6-5-7-20(24)23(19)26(21)13-12-17-8-10-18(27-4)11-9-17/h5-11,15-16H,12-14H2,1-4H3. The molecule has 0 saturated heterocycles. The van der Waals surface area contributed by atoms with Crippen molar-refractivity contribution in [1.29, 1.82) is 0 Å². The van der Waals surface area contributed by atoms with Gasteiger partial charge >= 0.3 is 0 Å². The van der Waals surface area contributed by atoms with E-state index in [0.29, 0.717) is 6.04 Å². The van der Waals surface area contributed by atoms with Crippen molar-refractivity contribution in [2.24, 2.45) is 0 Å². The lowest BCUT2D eigenvalue weighted by Crippen LogP contribution is -2.38. The number of halogens is 1. The van der Waals surface area contributed by atoms with Crippen LogP contribution in [-0.4, -0.2) is 29.7 Å². The number of likely N-dealkylation sites (N-methyl/N-ethyl adjacent to an activating group) is 1. The van der Waals surface area contributed by atoms with Crippen LogP contribution in [0.5, 0.6) is 5.75 Å².